The fraction of sp³-hybridized carbons (Fsp3) is 0.882. The molecule has 1 rings (SSSR count). The molecule has 27 heavy (non-hydrogen) atoms. The molecule has 0 radical (unpaired) electrons. The first-order valence-electron chi connectivity index (χ1n) is 8.85. The molecule has 10 heteroatoms. The van der Waals surface area contributed by atoms with Crippen LogP contribution in [-0.4, -0.2) is 81.4 Å². The van der Waals surface area contributed by atoms with Crippen molar-refractivity contribution in [2.75, 3.05) is 6.61 Å². The second kappa shape index (κ2) is 9.65. The SMILES string of the molecule is CC(C)C[C@@H](NC(=O)OC(C)(C)C)C(=O)OC[C@@H]1O[C@@H](O)[C@@H](O)[C@@H](O)[C@H]1O. The van der Waals surface area contributed by atoms with E-state index in [0.717, 1.165) is 0 Å². The Morgan fingerprint density at radius 2 is 1.67 bits per heavy atom. The van der Waals surface area contributed by atoms with Crippen molar-refractivity contribution in [3.8, 4) is 0 Å². The van der Waals surface area contributed by atoms with E-state index in [2.05, 4.69) is 5.32 Å². The Kier molecular flexibility index (Phi) is 8.43. The first-order chi connectivity index (χ1) is 12.3. The predicted octanol–water partition coefficient (Wildman–Crippen LogP) is -0.731. The van der Waals surface area contributed by atoms with E-state index in [-0.39, 0.29) is 12.3 Å². The molecule has 0 saturated carbocycles. The second-order valence-corrected chi connectivity index (χ2v) is 8.00. The van der Waals surface area contributed by atoms with Gasteiger partial charge in [0.05, 0.1) is 0 Å². The van der Waals surface area contributed by atoms with E-state index < -0.39 is 61.0 Å². The summed E-state index contributed by atoms with van der Waals surface area (Å²) in [5.74, 6) is -0.715. The fourth-order valence-corrected chi connectivity index (χ4v) is 2.47. The van der Waals surface area contributed by atoms with Gasteiger partial charge in [-0.2, -0.15) is 0 Å². The summed E-state index contributed by atoms with van der Waals surface area (Å²) in [7, 11) is 0. The Morgan fingerprint density at radius 1 is 1.07 bits per heavy atom. The van der Waals surface area contributed by atoms with E-state index in [0.29, 0.717) is 0 Å². The molecule has 1 saturated heterocycles. The van der Waals surface area contributed by atoms with Crippen LogP contribution < -0.4 is 5.32 Å². The van der Waals surface area contributed by atoms with Gasteiger partial charge < -0.3 is 40.0 Å². The summed E-state index contributed by atoms with van der Waals surface area (Å²) in [5, 5.41) is 40.9. The number of aliphatic hydroxyl groups excluding tert-OH is 4. The molecule has 1 fully saturated rings. The molecule has 10 nitrogen and oxygen atoms in total. The van der Waals surface area contributed by atoms with E-state index in [1.807, 2.05) is 13.8 Å². The van der Waals surface area contributed by atoms with E-state index in [1.54, 1.807) is 20.8 Å². The molecule has 0 bridgehead atoms. The molecule has 158 valence electrons. The number of esters is 1. The van der Waals surface area contributed by atoms with Crippen molar-refractivity contribution in [2.45, 2.75) is 83.4 Å². The molecule has 0 aliphatic carbocycles. The predicted molar refractivity (Wildman–Crippen MR) is 92.5 cm³/mol. The third-order valence-corrected chi connectivity index (χ3v) is 3.76. The number of hydrogen-bond donors (Lipinski definition) is 5. The molecule has 1 aliphatic rings. The Labute approximate surface area is 158 Å². The average Bonchev–Trinajstić information content (AvgIpc) is 2.51. The van der Waals surface area contributed by atoms with Gasteiger partial charge in [-0.05, 0) is 33.1 Å². The zero-order valence-corrected chi connectivity index (χ0v) is 16.3. The lowest BCUT2D eigenvalue weighted by Crippen LogP contribution is -2.59. The van der Waals surface area contributed by atoms with Crippen molar-refractivity contribution in [3.05, 3.63) is 0 Å². The molecule has 1 aliphatic heterocycles. The number of carbonyl (C=O) groups excluding carboxylic acids is 2. The number of amides is 1. The summed E-state index contributed by atoms with van der Waals surface area (Å²) < 4.78 is 15.2. The molecule has 0 unspecified atom stereocenters. The normalized spacial score (nSPS) is 29.9. The van der Waals surface area contributed by atoms with Crippen molar-refractivity contribution < 1.29 is 44.2 Å². The zero-order chi connectivity index (χ0) is 20.9. The minimum absolute atomic E-state index is 0.0628. The first kappa shape index (κ1) is 23.6. The maximum absolute atomic E-state index is 12.4. The van der Waals surface area contributed by atoms with Gasteiger partial charge in [-0.1, -0.05) is 13.8 Å². The van der Waals surface area contributed by atoms with Gasteiger partial charge >= 0.3 is 12.1 Å². The van der Waals surface area contributed by atoms with Crippen LogP contribution in [0.4, 0.5) is 4.79 Å². The van der Waals surface area contributed by atoms with Gasteiger partial charge in [0.1, 0.15) is 42.7 Å². The van der Waals surface area contributed by atoms with Crippen LogP contribution >= 0.6 is 0 Å². The number of aliphatic hydroxyl groups is 4. The molecular formula is C17H31NO9. The second-order valence-electron chi connectivity index (χ2n) is 8.00. The lowest BCUT2D eigenvalue weighted by molar-refractivity contribution is -0.287. The van der Waals surface area contributed by atoms with Crippen molar-refractivity contribution in [1.29, 1.82) is 0 Å². The monoisotopic (exact) mass is 393 g/mol. The Bertz CT molecular complexity index is 505. The molecule has 6 atom stereocenters. The first-order valence-corrected chi connectivity index (χ1v) is 8.85. The molecule has 0 spiro atoms. The van der Waals surface area contributed by atoms with Crippen LogP contribution in [0.5, 0.6) is 0 Å². The van der Waals surface area contributed by atoms with E-state index in [4.69, 9.17) is 14.2 Å². The average molecular weight is 393 g/mol. The quantitative estimate of drug-likeness (QED) is 0.367. The summed E-state index contributed by atoms with van der Waals surface area (Å²) in [5.41, 5.74) is -0.733. The highest BCUT2D eigenvalue weighted by Gasteiger charge is 2.43. The van der Waals surface area contributed by atoms with Crippen LogP contribution in [0, 0.1) is 5.92 Å². The summed E-state index contributed by atoms with van der Waals surface area (Å²) in [4.78, 5) is 24.3. The van der Waals surface area contributed by atoms with Crippen LogP contribution in [0.3, 0.4) is 0 Å². The third kappa shape index (κ3) is 7.59. The van der Waals surface area contributed by atoms with E-state index in [1.165, 1.54) is 0 Å². The van der Waals surface area contributed by atoms with Gasteiger partial charge in [-0.25, -0.2) is 9.59 Å². The van der Waals surface area contributed by atoms with Gasteiger partial charge in [-0.3, -0.25) is 0 Å². The minimum Gasteiger partial charge on any atom is -0.461 e. The number of hydrogen-bond acceptors (Lipinski definition) is 9. The molecule has 0 aromatic heterocycles. The topological polar surface area (TPSA) is 155 Å². The lowest BCUT2D eigenvalue weighted by atomic mass is 9.99. The zero-order valence-electron chi connectivity index (χ0n) is 16.3. The molecule has 5 N–H and O–H groups in total. The maximum Gasteiger partial charge on any atom is 0.408 e. The van der Waals surface area contributed by atoms with Crippen molar-refractivity contribution >= 4 is 12.1 Å². The molecule has 0 aromatic rings. The van der Waals surface area contributed by atoms with Crippen LogP contribution in [0.25, 0.3) is 0 Å². The Balaban J connectivity index is 2.67. The standard InChI is InChI=1S/C17H31NO9/c1-8(2)6-9(18-16(24)27-17(3,4)5)14(22)25-7-10-11(19)12(20)13(21)15(23)26-10/h8-13,15,19-21,23H,6-7H2,1-5H3,(H,18,24)/t9-,10+,11+,12+,13+,15-/m1/s1. The number of rotatable bonds is 6. The summed E-state index contributed by atoms with van der Waals surface area (Å²) in [6.07, 6.45) is -8.32. The van der Waals surface area contributed by atoms with Crippen LogP contribution in [0.1, 0.15) is 41.0 Å². The van der Waals surface area contributed by atoms with Crippen LogP contribution in [0.15, 0.2) is 0 Å². The van der Waals surface area contributed by atoms with Gasteiger partial charge in [-0.15, -0.1) is 0 Å². The fourth-order valence-electron chi connectivity index (χ4n) is 2.47. The Hall–Kier alpha value is -1.46. The highest BCUT2D eigenvalue weighted by Crippen LogP contribution is 2.20. The van der Waals surface area contributed by atoms with E-state index in [9.17, 15) is 30.0 Å². The van der Waals surface area contributed by atoms with Crippen molar-refractivity contribution in [1.82, 2.24) is 5.32 Å². The minimum atomic E-state index is -1.72. The molecule has 1 amide bonds. The molecular weight excluding hydrogens is 362 g/mol. The van der Waals surface area contributed by atoms with Gasteiger partial charge in [0.25, 0.3) is 0 Å². The smallest absolute Gasteiger partial charge is 0.408 e. The van der Waals surface area contributed by atoms with Gasteiger partial charge in [0.2, 0.25) is 0 Å². The van der Waals surface area contributed by atoms with Crippen LogP contribution in [-0.2, 0) is 19.0 Å². The highest BCUT2D eigenvalue weighted by atomic mass is 16.7. The van der Waals surface area contributed by atoms with Crippen molar-refractivity contribution in [2.24, 2.45) is 5.92 Å². The summed E-state index contributed by atoms with van der Waals surface area (Å²) in [6, 6.07) is -0.985. The Morgan fingerprint density at radius 3 is 2.19 bits per heavy atom. The largest absolute Gasteiger partial charge is 0.461 e. The lowest BCUT2D eigenvalue weighted by Gasteiger charge is -2.38. The van der Waals surface area contributed by atoms with Gasteiger partial charge in [0, 0.05) is 0 Å². The highest BCUT2D eigenvalue weighted by molar-refractivity contribution is 5.81. The number of ether oxygens (including phenoxy) is 3. The number of alkyl carbamates (subject to hydrolysis) is 1. The molecule has 0 aromatic carbocycles. The van der Waals surface area contributed by atoms with E-state index >= 15 is 0 Å². The van der Waals surface area contributed by atoms with Crippen molar-refractivity contribution in [3.63, 3.8) is 0 Å². The number of carbonyl (C=O) groups is 2. The summed E-state index contributed by atoms with van der Waals surface area (Å²) in [6.45, 7) is 8.31. The third-order valence-electron chi connectivity index (χ3n) is 3.76. The summed E-state index contributed by atoms with van der Waals surface area (Å²) >= 11 is 0. The number of nitrogens with one attached hydrogen (secondary N) is 1. The molecule has 1 heterocycles. The van der Waals surface area contributed by atoms with Gasteiger partial charge in [0.15, 0.2) is 6.29 Å². The maximum atomic E-state index is 12.4. The van der Waals surface area contributed by atoms with Crippen LogP contribution in [0.2, 0.25) is 0 Å².